The Bertz CT molecular complexity index is 652. The molecule has 1 aliphatic rings. The molecule has 0 radical (unpaired) electrons. The first-order chi connectivity index (χ1) is 10.2. The van der Waals surface area contributed by atoms with Gasteiger partial charge in [0.1, 0.15) is 6.04 Å². The minimum Gasteiger partial charge on any atom is -0.316 e. The van der Waals surface area contributed by atoms with Crippen LogP contribution in [0.3, 0.4) is 0 Å². The highest BCUT2D eigenvalue weighted by atomic mass is 16.2. The quantitative estimate of drug-likeness (QED) is 0.939. The van der Waals surface area contributed by atoms with E-state index in [0.29, 0.717) is 0 Å². The van der Waals surface area contributed by atoms with Crippen molar-refractivity contribution in [2.75, 3.05) is 11.4 Å². The van der Waals surface area contributed by atoms with Crippen molar-refractivity contribution in [1.29, 1.82) is 0 Å². The molecule has 0 spiro atoms. The summed E-state index contributed by atoms with van der Waals surface area (Å²) in [4.78, 5) is 14.6. The van der Waals surface area contributed by atoms with Crippen LogP contribution in [0.15, 0.2) is 48.5 Å². The van der Waals surface area contributed by atoms with Gasteiger partial charge in [-0.15, -0.1) is 0 Å². The Morgan fingerprint density at radius 1 is 1.19 bits per heavy atom. The van der Waals surface area contributed by atoms with Crippen molar-refractivity contribution in [3.8, 4) is 0 Å². The van der Waals surface area contributed by atoms with Crippen LogP contribution in [-0.2, 0) is 17.6 Å². The number of benzene rings is 2. The fourth-order valence-electron chi connectivity index (χ4n) is 3.01. The molecule has 0 bridgehead atoms. The lowest BCUT2D eigenvalue weighted by Crippen LogP contribution is -2.37. The lowest BCUT2D eigenvalue weighted by Gasteiger charge is -2.23. The van der Waals surface area contributed by atoms with Gasteiger partial charge in [-0.2, -0.15) is 0 Å². The van der Waals surface area contributed by atoms with Crippen molar-refractivity contribution < 1.29 is 4.79 Å². The van der Waals surface area contributed by atoms with E-state index in [-0.39, 0.29) is 5.91 Å². The van der Waals surface area contributed by atoms with Gasteiger partial charge in [-0.3, -0.25) is 4.79 Å². The molecule has 1 atom stereocenters. The number of nitrogens with zero attached hydrogens (tertiary/aromatic N) is 1. The molecule has 108 valence electrons. The van der Waals surface area contributed by atoms with E-state index in [4.69, 9.17) is 5.73 Å². The van der Waals surface area contributed by atoms with Gasteiger partial charge >= 0.3 is 0 Å². The Hall–Kier alpha value is -2.13. The highest BCUT2D eigenvalue weighted by Crippen LogP contribution is 2.33. The fourth-order valence-corrected chi connectivity index (χ4v) is 3.01. The summed E-state index contributed by atoms with van der Waals surface area (Å²) in [5.41, 5.74) is 10.6. The number of amides is 1. The maximum absolute atomic E-state index is 12.8. The smallest absolute Gasteiger partial charge is 0.248 e. The number of nitrogens with two attached hydrogens (primary N) is 1. The first-order valence-corrected chi connectivity index (χ1v) is 7.45. The molecule has 1 heterocycles. The van der Waals surface area contributed by atoms with Gasteiger partial charge in [-0.05, 0) is 29.5 Å². The molecule has 0 aromatic heterocycles. The second-order valence-corrected chi connectivity index (χ2v) is 5.41. The van der Waals surface area contributed by atoms with Crippen molar-refractivity contribution in [2.24, 2.45) is 5.73 Å². The van der Waals surface area contributed by atoms with E-state index in [2.05, 4.69) is 25.1 Å². The van der Waals surface area contributed by atoms with E-state index in [0.717, 1.165) is 30.6 Å². The molecule has 2 aromatic carbocycles. The largest absolute Gasteiger partial charge is 0.316 e. The van der Waals surface area contributed by atoms with Crippen LogP contribution < -0.4 is 10.6 Å². The Morgan fingerprint density at radius 3 is 2.67 bits per heavy atom. The van der Waals surface area contributed by atoms with Crippen molar-refractivity contribution in [3.63, 3.8) is 0 Å². The van der Waals surface area contributed by atoms with Crippen LogP contribution >= 0.6 is 0 Å². The molecule has 0 aliphatic carbocycles. The molecule has 0 unspecified atom stereocenters. The van der Waals surface area contributed by atoms with Gasteiger partial charge in [-0.25, -0.2) is 0 Å². The summed E-state index contributed by atoms with van der Waals surface area (Å²) in [6.07, 6.45) is 1.84. The number of para-hydroxylation sites is 1. The standard InChI is InChI=1S/C18H20N2O/c1-2-13-9-6-10-15-11-12-20(17(13)15)18(21)16(19)14-7-4-3-5-8-14/h3-10,16H,2,11-12,19H2,1H3/t16-/m0/s1. The minimum absolute atomic E-state index is 0.0131. The first kappa shape index (κ1) is 13.8. The Morgan fingerprint density at radius 2 is 1.95 bits per heavy atom. The summed E-state index contributed by atoms with van der Waals surface area (Å²) in [6.45, 7) is 2.85. The van der Waals surface area contributed by atoms with E-state index >= 15 is 0 Å². The Kier molecular flexibility index (Phi) is 3.76. The van der Waals surface area contributed by atoms with Crippen LogP contribution in [0.5, 0.6) is 0 Å². The SMILES string of the molecule is CCc1cccc2c1N(C(=O)[C@@H](N)c1ccccc1)CC2. The number of fused-ring (bicyclic) bond motifs is 1. The molecular formula is C18H20N2O. The van der Waals surface area contributed by atoms with Crippen LogP contribution in [0, 0.1) is 0 Å². The molecule has 0 fully saturated rings. The molecular weight excluding hydrogens is 260 g/mol. The van der Waals surface area contributed by atoms with Crippen LogP contribution in [0.4, 0.5) is 5.69 Å². The normalized spacial score (nSPS) is 14.9. The summed E-state index contributed by atoms with van der Waals surface area (Å²) >= 11 is 0. The topological polar surface area (TPSA) is 46.3 Å². The predicted molar refractivity (Wildman–Crippen MR) is 85.2 cm³/mol. The van der Waals surface area contributed by atoms with Crippen molar-refractivity contribution in [2.45, 2.75) is 25.8 Å². The zero-order chi connectivity index (χ0) is 14.8. The predicted octanol–water partition coefficient (Wildman–Crippen LogP) is 2.84. The van der Waals surface area contributed by atoms with Gasteiger partial charge in [0.05, 0.1) is 5.69 Å². The molecule has 0 saturated carbocycles. The minimum atomic E-state index is -0.595. The third-order valence-electron chi connectivity index (χ3n) is 4.15. The average Bonchev–Trinajstić information content (AvgIpc) is 2.98. The molecule has 3 heteroatoms. The van der Waals surface area contributed by atoms with E-state index < -0.39 is 6.04 Å². The van der Waals surface area contributed by atoms with Crippen molar-refractivity contribution in [1.82, 2.24) is 0 Å². The second-order valence-electron chi connectivity index (χ2n) is 5.41. The van der Waals surface area contributed by atoms with Crippen LogP contribution in [-0.4, -0.2) is 12.5 Å². The lowest BCUT2D eigenvalue weighted by molar-refractivity contribution is -0.119. The van der Waals surface area contributed by atoms with Gasteiger partial charge in [0.25, 0.3) is 0 Å². The third kappa shape index (κ3) is 2.45. The first-order valence-electron chi connectivity index (χ1n) is 7.45. The van der Waals surface area contributed by atoms with Gasteiger partial charge in [0.2, 0.25) is 5.91 Å². The van der Waals surface area contributed by atoms with Gasteiger partial charge < -0.3 is 10.6 Å². The maximum atomic E-state index is 12.8. The molecule has 3 rings (SSSR count). The second kappa shape index (κ2) is 5.70. The molecule has 3 nitrogen and oxygen atoms in total. The maximum Gasteiger partial charge on any atom is 0.248 e. The van der Waals surface area contributed by atoms with E-state index in [1.807, 2.05) is 35.2 Å². The highest BCUT2D eigenvalue weighted by Gasteiger charge is 2.30. The molecule has 2 aromatic rings. The summed E-state index contributed by atoms with van der Waals surface area (Å²) in [6, 6.07) is 15.3. The van der Waals surface area contributed by atoms with E-state index in [1.54, 1.807) is 0 Å². The number of anilines is 1. The highest BCUT2D eigenvalue weighted by molar-refractivity contribution is 6.00. The van der Waals surface area contributed by atoms with E-state index in [9.17, 15) is 4.79 Å². The van der Waals surface area contributed by atoms with Gasteiger partial charge in [0.15, 0.2) is 0 Å². The molecule has 21 heavy (non-hydrogen) atoms. The monoisotopic (exact) mass is 280 g/mol. The molecule has 1 amide bonds. The number of aryl methyl sites for hydroxylation is 1. The Labute approximate surface area is 125 Å². The van der Waals surface area contributed by atoms with Gasteiger partial charge in [-0.1, -0.05) is 55.5 Å². The van der Waals surface area contributed by atoms with Gasteiger partial charge in [0, 0.05) is 6.54 Å². The van der Waals surface area contributed by atoms with E-state index in [1.165, 1.54) is 11.1 Å². The summed E-state index contributed by atoms with van der Waals surface area (Å²) < 4.78 is 0. The van der Waals surface area contributed by atoms with Crippen LogP contribution in [0.1, 0.15) is 29.7 Å². The lowest BCUT2D eigenvalue weighted by atomic mass is 10.0. The van der Waals surface area contributed by atoms with Crippen molar-refractivity contribution >= 4 is 11.6 Å². The Balaban J connectivity index is 1.92. The third-order valence-corrected chi connectivity index (χ3v) is 4.15. The molecule has 0 saturated heterocycles. The number of hydrogen-bond donors (Lipinski definition) is 1. The number of rotatable bonds is 3. The number of carbonyl (C=O) groups excluding carboxylic acids is 1. The zero-order valence-corrected chi connectivity index (χ0v) is 12.3. The number of carbonyl (C=O) groups is 1. The van der Waals surface area contributed by atoms with Crippen molar-refractivity contribution in [3.05, 3.63) is 65.2 Å². The van der Waals surface area contributed by atoms with Crippen LogP contribution in [0.25, 0.3) is 0 Å². The molecule has 1 aliphatic heterocycles. The fraction of sp³-hybridized carbons (Fsp3) is 0.278. The summed E-state index contributed by atoms with van der Waals surface area (Å²) in [7, 11) is 0. The number of hydrogen-bond acceptors (Lipinski definition) is 2. The van der Waals surface area contributed by atoms with Crippen LogP contribution in [0.2, 0.25) is 0 Å². The average molecular weight is 280 g/mol. The summed E-state index contributed by atoms with van der Waals surface area (Å²) in [5, 5.41) is 0. The summed E-state index contributed by atoms with van der Waals surface area (Å²) in [5.74, 6) is -0.0131. The zero-order valence-electron chi connectivity index (χ0n) is 12.3. The molecule has 2 N–H and O–H groups in total.